The number of rotatable bonds is 2. The van der Waals surface area contributed by atoms with Crippen molar-refractivity contribution in [1.82, 2.24) is 0 Å². The molecule has 52 heavy (non-hydrogen) atoms. The van der Waals surface area contributed by atoms with Crippen molar-refractivity contribution in [1.29, 1.82) is 0 Å². The lowest BCUT2D eigenvalue weighted by Gasteiger charge is -2.18. The zero-order valence-corrected chi connectivity index (χ0v) is 28.3. The minimum absolute atomic E-state index is 1.27. The van der Waals surface area contributed by atoms with Gasteiger partial charge in [-0.05, 0) is 143 Å². The van der Waals surface area contributed by atoms with Crippen LogP contribution in [0.3, 0.4) is 0 Å². The molecule has 0 aliphatic heterocycles. The van der Waals surface area contributed by atoms with E-state index in [0.29, 0.717) is 0 Å². The number of benzene rings is 12. The van der Waals surface area contributed by atoms with Crippen LogP contribution in [0.1, 0.15) is 0 Å². The van der Waals surface area contributed by atoms with E-state index in [1.807, 2.05) is 0 Å². The van der Waals surface area contributed by atoms with Crippen molar-refractivity contribution in [2.24, 2.45) is 0 Å². The van der Waals surface area contributed by atoms with Crippen LogP contribution in [0.2, 0.25) is 0 Å². The van der Waals surface area contributed by atoms with Gasteiger partial charge in [0.2, 0.25) is 0 Å². The van der Waals surface area contributed by atoms with Crippen molar-refractivity contribution in [2.45, 2.75) is 0 Å². The minimum Gasteiger partial charge on any atom is -0.0616 e. The van der Waals surface area contributed by atoms with Gasteiger partial charge in [-0.3, -0.25) is 0 Å². The summed E-state index contributed by atoms with van der Waals surface area (Å²) in [5.74, 6) is 0. The Labute approximate surface area is 300 Å². The highest BCUT2D eigenvalue weighted by Gasteiger charge is 2.18. The van der Waals surface area contributed by atoms with Gasteiger partial charge in [-0.15, -0.1) is 0 Å². The van der Waals surface area contributed by atoms with E-state index in [1.54, 1.807) is 0 Å². The molecule has 12 rings (SSSR count). The molecule has 238 valence electrons. The minimum atomic E-state index is 1.27. The lowest BCUT2D eigenvalue weighted by molar-refractivity contribution is 1.70. The molecule has 12 aromatic carbocycles. The van der Waals surface area contributed by atoms with E-state index < -0.39 is 0 Å². The summed E-state index contributed by atoms with van der Waals surface area (Å²) in [5, 5.41) is 23.3. The second-order valence-electron chi connectivity index (χ2n) is 14.4. The lowest BCUT2D eigenvalue weighted by atomic mass is 9.85. The summed E-state index contributed by atoms with van der Waals surface area (Å²) in [6.45, 7) is 0. The predicted octanol–water partition coefficient (Wildman–Crippen LogP) is 14.8. The van der Waals surface area contributed by atoms with Gasteiger partial charge in [-0.25, -0.2) is 0 Å². The third-order valence-electron chi connectivity index (χ3n) is 11.7. The maximum atomic E-state index is 2.42. The fraction of sp³-hybridized carbons (Fsp3) is 0. The van der Waals surface area contributed by atoms with Crippen LogP contribution in [-0.2, 0) is 0 Å². The molecule has 0 unspecified atom stereocenters. The van der Waals surface area contributed by atoms with Crippen molar-refractivity contribution in [2.75, 3.05) is 0 Å². The van der Waals surface area contributed by atoms with E-state index in [1.165, 1.54) is 119 Å². The molecule has 0 amide bonds. The SMILES string of the molecule is c1cc(-c2ccc3ccc4c(-c5cccc6cc7ccc8ccccc8c7cc56)ccc5ccc2c3c54)c2cc3c(ccc4ccccc43)cc2c1. The molecule has 0 atom stereocenters. The Morgan fingerprint density at radius 1 is 0.173 bits per heavy atom. The summed E-state index contributed by atoms with van der Waals surface area (Å²) in [7, 11) is 0. The average Bonchev–Trinajstić information content (AvgIpc) is 3.21. The molecule has 0 spiro atoms. The highest BCUT2D eigenvalue weighted by atomic mass is 14.2. The van der Waals surface area contributed by atoms with Crippen LogP contribution in [-0.4, -0.2) is 0 Å². The first-order chi connectivity index (χ1) is 25.8. The van der Waals surface area contributed by atoms with Crippen LogP contribution in [0.4, 0.5) is 0 Å². The lowest BCUT2D eigenvalue weighted by Crippen LogP contribution is -1.91. The number of hydrogen-bond acceptors (Lipinski definition) is 0. The maximum Gasteiger partial charge on any atom is -0.00203 e. The fourth-order valence-corrected chi connectivity index (χ4v) is 9.30. The molecule has 0 saturated carbocycles. The second-order valence-corrected chi connectivity index (χ2v) is 14.4. The molecular weight excluding hydrogens is 625 g/mol. The zero-order chi connectivity index (χ0) is 33.9. The molecule has 0 N–H and O–H groups in total. The van der Waals surface area contributed by atoms with Crippen molar-refractivity contribution in [3.8, 4) is 22.3 Å². The Balaban J connectivity index is 1.12. The van der Waals surface area contributed by atoms with Crippen molar-refractivity contribution >= 4 is 97.0 Å². The van der Waals surface area contributed by atoms with Crippen molar-refractivity contribution in [3.05, 3.63) is 182 Å². The Morgan fingerprint density at radius 3 is 1.04 bits per heavy atom. The van der Waals surface area contributed by atoms with E-state index >= 15 is 0 Å². The van der Waals surface area contributed by atoms with Gasteiger partial charge >= 0.3 is 0 Å². The van der Waals surface area contributed by atoms with Crippen LogP contribution < -0.4 is 0 Å². The van der Waals surface area contributed by atoms with E-state index in [4.69, 9.17) is 0 Å². The Kier molecular flexibility index (Phi) is 5.59. The average molecular weight is 655 g/mol. The van der Waals surface area contributed by atoms with Gasteiger partial charge < -0.3 is 0 Å². The standard InChI is InChI=1S/C52H30/c1-3-11-39-31(7-1)15-17-37-27-35-9-5-13-41(49(35)29-47(37)39)43-23-19-33-22-26-46-44(24-20-34-21-25-45(43)51(33)52(34)46)42-14-6-10-36-28-38-18-16-32-8-2-4-12-40(32)48(38)30-50(36)42/h1-30H. The molecule has 0 radical (unpaired) electrons. The predicted molar refractivity (Wildman–Crippen MR) is 226 cm³/mol. The molecular formula is C52H30. The van der Waals surface area contributed by atoms with Crippen LogP contribution in [0.25, 0.3) is 119 Å². The summed E-state index contributed by atoms with van der Waals surface area (Å²) >= 11 is 0. The molecule has 0 nitrogen and oxygen atoms in total. The normalized spacial score (nSPS) is 12.2. The zero-order valence-electron chi connectivity index (χ0n) is 28.3. The number of fused-ring (bicyclic) bond motifs is 8. The van der Waals surface area contributed by atoms with Crippen LogP contribution in [0.15, 0.2) is 182 Å². The topological polar surface area (TPSA) is 0 Å². The van der Waals surface area contributed by atoms with Gasteiger partial charge in [0.25, 0.3) is 0 Å². The van der Waals surface area contributed by atoms with Gasteiger partial charge in [-0.1, -0.05) is 158 Å². The summed E-state index contributed by atoms with van der Waals surface area (Å²) in [6.07, 6.45) is 0. The van der Waals surface area contributed by atoms with Crippen LogP contribution >= 0.6 is 0 Å². The molecule has 0 aliphatic rings. The summed E-state index contributed by atoms with van der Waals surface area (Å²) in [4.78, 5) is 0. The molecule has 0 aliphatic carbocycles. The third kappa shape index (κ3) is 3.87. The van der Waals surface area contributed by atoms with Gasteiger partial charge in [-0.2, -0.15) is 0 Å². The van der Waals surface area contributed by atoms with E-state index in [0.717, 1.165) is 0 Å². The molecule has 0 heterocycles. The quantitative estimate of drug-likeness (QED) is 0.129. The Bertz CT molecular complexity index is 3220. The van der Waals surface area contributed by atoms with E-state index in [2.05, 4.69) is 182 Å². The molecule has 0 bridgehead atoms. The van der Waals surface area contributed by atoms with Gasteiger partial charge in [0.05, 0.1) is 0 Å². The highest BCUT2D eigenvalue weighted by molar-refractivity contribution is 6.29. The summed E-state index contributed by atoms with van der Waals surface area (Å²) in [6, 6.07) is 68.3. The molecule has 0 heteroatoms. The van der Waals surface area contributed by atoms with Crippen molar-refractivity contribution in [3.63, 3.8) is 0 Å². The first kappa shape index (κ1) is 28.0. The second kappa shape index (κ2) is 10.4. The van der Waals surface area contributed by atoms with Crippen LogP contribution in [0.5, 0.6) is 0 Å². The first-order valence-electron chi connectivity index (χ1n) is 18.2. The summed E-state index contributed by atoms with van der Waals surface area (Å²) in [5.41, 5.74) is 5.11. The largest absolute Gasteiger partial charge is 0.0616 e. The van der Waals surface area contributed by atoms with Gasteiger partial charge in [0.15, 0.2) is 0 Å². The first-order valence-corrected chi connectivity index (χ1v) is 18.2. The van der Waals surface area contributed by atoms with Gasteiger partial charge in [0.1, 0.15) is 0 Å². The molecule has 0 aromatic heterocycles. The molecule has 0 fully saturated rings. The van der Waals surface area contributed by atoms with Gasteiger partial charge in [0, 0.05) is 0 Å². The summed E-state index contributed by atoms with van der Waals surface area (Å²) < 4.78 is 0. The highest BCUT2D eigenvalue weighted by Crippen LogP contribution is 2.45. The molecule has 12 aromatic rings. The van der Waals surface area contributed by atoms with Crippen molar-refractivity contribution < 1.29 is 0 Å². The van der Waals surface area contributed by atoms with E-state index in [-0.39, 0.29) is 0 Å². The fourth-order valence-electron chi connectivity index (χ4n) is 9.30. The Morgan fingerprint density at radius 2 is 0.538 bits per heavy atom. The maximum absolute atomic E-state index is 2.42. The monoisotopic (exact) mass is 654 g/mol. The molecule has 0 saturated heterocycles. The smallest absolute Gasteiger partial charge is 0.00203 e. The van der Waals surface area contributed by atoms with E-state index in [9.17, 15) is 0 Å². The Hall–Kier alpha value is -6.76. The van der Waals surface area contributed by atoms with Crippen LogP contribution in [0, 0.1) is 0 Å². The number of hydrogen-bond donors (Lipinski definition) is 0. The third-order valence-corrected chi connectivity index (χ3v) is 11.7.